The molecule has 1 fully saturated rings. The number of nitrogens with zero attached hydrogens (tertiary/aromatic N) is 3. The number of likely N-dealkylation sites (N-methyl/N-ethyl adjacent to an activating group) is 1. The molecule has 1 N–H and O–H groups in total. The molecule has 1 atom stereocenters. The van der Waals surface area contributed by atoms with E-state index in [2.05, 4.69) is 33.5 Å². The maximum absolute atomic E-state index is 13.6. The van der Waals surface area contributed by atoms with Gasteiger partial charge in [-0.1, -0.05) is 30.3 Å². The summed E-state index contributed by atoms with van der Waals surface area (Å²) in [6.45, 7) is 5.66. The van der Waals surface area contributed by atoms with Crippen LogP contribution in [-0.4, -0.2) is 71.0 Å². The van der Waals surface area contributed by atoms with Crippen molar-refractivity contribution in [1.82, 2.24) is 14.4 Å². The highest BCUT2D eigenvalue weighted by Gasteiger charge is 2.34. The SMILES string of the molecule is CN1CCN(CC2CCc3c(c4ccccc4n3Cc3ccc(C(=O)O)cc3)C2=O)CC1. The predicted octanol–water partition coefficient (Wildman–Crippen LogP) is 3.38. The lowest BCUT2D eigenvalue weighted by atomic mass is 9.84. The van der Waals surface area contributed by atoms with Crippen LogP contribution >= 0.6 is 0 Å². The first-order chi connectivity index (χ1) is 15.5. The van der Waals surface area contributed by atoms with E-state index in [1.807, 2.05) is 24.3 Å². The molecule has 0 radical (unpaired) electrons. The number of aromatic nitrogens is 1. The van der Waals surface area contributed by atoms with E-state index in [1.54, 1.807) is 12.1 Å². The van der Waals surface area contributed by atoms with Gasteiger partial charge in [0.1, 0.15) is 0 Å². The minimum Gasteiger partial charge on any atom is -0.478 e. The van der Waals surface area contributed by atoms with Crippen molar-refractivity contribution >= 4 is 22.7 Å². The number of carbonyl (C=O) groups is 2. The fraction of sp³-hybridized carbons (Fsp3) is 0.385. The Hall–Kier alpha value is -2.96. The quantitative estimate of drug-likeness (QED) is 0.671. The molecule has 0 saturated carbocycles. The molecule has 0 amide bonds. The predicted molar refractivity (Wildman–Crippen MR) is 125 cm³/mol. The van der Waals surface area contributed by atoms with Crippen molar-refractivity contribution in [3.63, 3.8) is 0 Å². The van der Waals surface area contributed by atoms with Crippen LogP contribution in [0.15, 0.2) is 48.5 Å². The normalized spacial score (nSPS) is 19.9. The Morgan fingerprint density at radius 1 is 1.03 bits per heavy atom. The lowest BCUT2D eigenvalue weighted by Crippen LogP contribution is -2.47. The molecular formula is C26H29N3O3. The van der Waals surface area contributed by atoms with E-state index in [0.717, 1.165) is 73.3 Å². The van der Waals surface area contributed by atoms with Gasteiger partial charge in [-0.25, -0.2) is 4.79 Å². The monoisotopic (exact) mass is 431 g/mol. The molecule has 2 heterocycles. The molecule has 1 aliphatic carbocycles. The number of aromatic carboxylic acids is 1. The Balaban J connectivity index is 1.45. The zero-order valence-electron chi connectivity index (χ0n) is 18.5. The van der Waals surface area contributed by atoms with Gasteiger partial charge in [-0.05, 0) is 43.7 Å². The number of piperazine rings is 1. The summed E-state index contributed by atoms with van der Waals surface area (Å²) in [5, 5.41) is 10.2. The van der Waals surface area contributed by atoms with Crippen LogP contribution in [0.4, 0.5) is 0 Å². The lowest BCUT2D eigenvalue weighted by Gasteiger charge is -2.35. The first-order valence-corrected chi connectivity index (χ1v) is 11.4. The van der Waals surface area contributed by atoms with Crippen LogP contribution in [0.3, 0.4) is 0 Å². The number of benzene rings is 2. The second-order valence-corrected chi connectivity index (χ2v) is 9.13. The number of hydrogen-bond acceptors (Lipinski definition) is 4. The van der Waals surface area contributed by atoms with Gasteiger partial charge in [0.25, 0.3) is 0 Å². The minimum atomic E-state index is -0.919. The zero-order chi connectivity index (χ0) is 22.2. The Labute approximate surface area is 188 Å². The van der Waals surface area contributed by atoms with Gasteiger partial charge >= 0.3 is 5.97 Å². The van der Waals surface area contributed by atoms with E-state index < -0.39 is 5.97 Å². The van der Waals surface area contributed by atoms with E-state index in [-0.39, 0.29) is 17.3 Å². The molecule has 32 heavy (non-hydrogen) atoms. The zero-order valence-corrected chi connectivity index (χ0v) is 18.5. The van der Waals surface area contributed by atoms with Crippen molar-refractivity contribution in [3.05, 3.63) is 70.9 Å². The van der Waals surface area contributed by atoms with Gasteiger partial charge < -0.3 is 19.5 Å². The standard InChI is InChI=1S/C26H29N3O3/c1-27-12-14-28(15-13-27)17-20-10-11-23-24(25(20)30)21-4-2-3-5-22(21)29(23)16-18-6-8-19(9-7-18)26(31)32/h2-9,20H,10-17H2,1H3,(H,31,32). The maximum atomic E-state index is 13.6. The molecule has 1 unspecified atom stereocenters. The van der Waals surface area contributed by atoms with Crippen molar-refractivity contribution in [3.8, 4) is 0 Å². The molecule has 3 aromatic rings. The number of rotatable bonds is 5. The number of hydrogen-bond donors (Lipinski definition) is 1. The maximum Gasteiger partial charge on any atom is 0.335 e. The van der Waals surface area contributed by atoms with E-state index in [0.29, 0.717) is 6.54 Å². The molecule has 1 saturated heterocycles. The molecule has 6 nitrogen and oxygen atoms in total. The molecule has 0 spiro atoms. The Bertz CT molecular complexity index is 1160. The molecule has 166 valence electrons. The van der Waals surface area contributed by atoms with E-state index in [1.165, 1.54) is 0 Å². The topological polar surface area (TPSA) is 65.8 Å². The van der Waals surface area contributed by atoms with Gasteiger partial charge in [0, 0.05) is 67.3 Å². The molecule has 1 aliphatic heterocycles. The van der Waals surface area contributed by atoms with Crippen LogP contribution in [0.1, 0.15) is 38.4 Å². The number of fused-ring (bicyclic) bond motifs is 3. The number of para-hydroxylation sites is 1. The van der Waals surface area contributed by atoms with E-state index in [4.69, 9.17) is 5.11 Å². The number of Topliss-reactive ketones (excluding diaryl/α,β-unsaturated/α-hetero) is 1. The fourth-order valence-electron chi connectivity index (χ4n) is 5.17. The summed E-state index contributed by atoms with van der Waals surface area (Å²) in [5.41, 5.74) is 4.41. The summed E-state index contributed by atoms with van der Waals surface area (Å²) >= 11 is 0. The molecule has 5 rings (SSSR count). The molecule has 0 bridgehead atoms. The second kappa shape index (κ2) is 8.52. The van der Waals surface area contributed by atoms with Crippen molar-refractivity contribution in [2.45, 2.75) is 19.4 Å². The number of ketones is 1. The van der Waals surface area contributed by atoms with Crippen LogP contribution in [0.25, 0.3) is 10.9 Å². The summed E-state index contributed by atoms with van der Waals surface area (Å²) in [5.74, 6) is -0.585. The van der Waals surface area contributed by atoms with Crippen molar-refractivity contribution < 1.29 is 14.7 Å². The van der Waals surface area contributed by atoms with Gasteiger partial charge in [-0.3, -0.25) is 4.79 Å². The third-order valence-corrected chi connectivity index (χ3v) is 7.04. The highest BCUT2D eigenvalue weighted by atomic mass is 16.4. The van der Waals surface area contributed by atoms with E-state index in [9.17, 15) is 9.59 Å². The van der Waals surface area contributed by atoms with Crippen LogP contribution < -0.4 is 0 Å². The van der Waals surface area contributed by atoms with E-state index >= 15 is 0 Å². The second-order valence-electron chi connectivity index (χ2n) is 9.13. The average Bonchev–Trinajstić information content (AvgIpc) is 3.12. The molecular weight excluding hydrogens is 402 g/mol. The molecule has 2 aliphatic rings. The Morgan fingerprint density at radius 3 is 2.47 bits per heavy atom. The summed E-state index contributed by atoms with van der Waals surface area (Å²) in [6.07, 6.45) is 1.77. The number of carboxylic acid groups (broad SMARTS) is 1. The first kappa shape index (κ1) is 20.9. The molecule has 6 heteroatoms. The summed E-state index contributed by atoms with van der Waals surface area (Å²) in [7, 11) is 2.15. The van der Waals surface area contributed by atoms with Crippen LogP contribution in [0.5, 0.6) is 0 Å². The molecule has 1 aromatic heterocycles. The first-order valence-electron chi connectivity index (χ1n) is 11.4. The largest absolute Gasteiger partial charge is 0.478 e. The third-order valence-electron chi connectivity index (χ3n) is 7.04. The minimum absolute atomic E-state index is 0.0556. The lowest BCUT2D eigenvalue weighted by molar-refractivity contribution is 0.0696. The summed E-state index contributed by atoms with van der Waals surface area (Å²) < 4.78 is 2.25. The van der Waals surface area contributed by atoms with Crippen molar-refractivity contribution in [2.75, 3.05) is 39.8 Å². The van der Waals surface area contributed by atoms with Gasteiger partial charge in [-0.2, -0.15) is 0 Å². The van der Waals surface area contributed by atoms with Gasteiger partial charge in [0.15, 0.2) is 5.78 Å². The average molecular weight is 432 g/mol. The van der Waals surface area contributed by atoms with Crippen molar-refractivity contribution in [2.24, 2.45) is 5.92 Å². The van der Waals surface area contributed by atoms with Crippen molar-refractivity contribution in [1.29, 1.82) is 0 Å². The summed E-state index contributed by atoms with van der Waals surface area (Å²) in [4.78, 5) is 29.6. The van der Waals surface area contributed by atoms with Gasteiger partial charge in [0.05, 0.1) is 5.56 Å². The van der Waals surface area contributed by atoms with Crippen LogP contribution in [-0.2, 0) is 13.0 Å². The Morgan fingerprint density at radius 2 is 1.75 bits per heavy atom. The highest BCUT2D eigenvalue weighted by molar-refractivity contribution is 6.11. The number of carboxylic acids is 1. The summed E-state index contributed by atoms with van der Waals surface area (Å²) in [6, 6.07) is 15.2. The Kier molecular flexibility index (Phi) is 5.57. The number of carbonyl (C=O) groups excluding carboxylic acids is 1. The van der Waals surface area contributed by atoms with Crippen LogP contribution in [0.2, 0.25) is 0 Å². The fourth-order valence-corrected chi connectivity index (χ4v) is 5.17. The third kappa shape index (κ3) is 3.85. The van der Waals surface area contributed by atoms with Gasteiger partial charge in [-0.15, -0.1) is 0 Å². The highest BCUT2D eigenvalue weighted by Crippen LogP contribution is 2.35. The molecule has 2 aromatic carbocycles. The smallest absolute Gasteiger partial charge is 0.335 e. The van der Waals surface area contributed by atoms with Crippen LogP contribution in [0, 0.1) is 5.92 Å². The van der Waals surface area contributed by atoms with Gasteiger partial charge in [0.2, 0.25) is 0 Å².